The van der Waals surface area contributed by atoms with Crippen LogP contribution in [0, 0.1) is 5.92 Å². The van der Waals surface area contributed by atoms with E-state index in [1.165, 1.54) is 18.3 Å². The number of hydrogen-bond donors (Lipinski definition) is 2. The van der Waals surface area contributed by atoms with E-state index in [1.807, 2.05) is 0 Å². The number of nitrogens with zero attached hydrogens (tertiary/aromatic N) is 3. The lowest BCUT2D eigenvalue weighted by Gasteiger charge is -2.07. The van der Waals surface area contributed by atoms with Crippen LogP contribution < -0.4 is 10.6 Å². The van der Waals surface area contributed by atoms with Crippen molar-refractivity contribution in [2.24, 2.45) is 5.92 Å². The molecule has 0 aliphatic heterocycles. The Bertz CT molecular complexity index is 798. The van der Waals surface area contributed by atoms with Gasteiger partial charge in [-0.15, -0.1) is 0 Å². The molecule has 0 atom stereocenters. The summed E-state index contributed by atoms with van der Waals surface area (Å²) in [6, 6.07) is 2.83. The first-order chi connectivity index (χ1) is 11.8. The van der Waals surface area contributed by atoms with Crippen LogP contribution in [0.25, 0.3) is 0 Å². The van der Waals surface area contributed by atoms with E-state index >= 15 is 0 Å². The van der Waals surface area contributed by atoms with E-state index in [-0.39, 0.29) is 28.9 Å². The minimum Gasteiger partial charge on any atom is -0.319 e. The van der Waals surface area contributed by atoms with Crippen LogP contribution in [0.15, 0.2) is 30.7 Å². The van der Waals surface area contributed by atoms with Crippen LogP contribution in [0.5, 0.6) is 0 Å². The Balaban J connectivity index is 1.64. The van der Waals surface area contributed by atoms with Gasteiger partial charge in [-0.3, -0.25) is 14.3 Å². The first-order valence-corrected chi connectivity index (χ1v) is 7.48. The van der Waals surface area contributed by atoms with Crippen LogP contribution >= 0.6 is 0 Å². The molecule has 132 valence electrons. The Morgan fingerprint density at radius 2 is 2.04 bits per heavy atom. The average Bonchev–Trinajstić information content (AvgIpc) is 3.29. The van der Waals surface area contributed by atoms with Gasteiger partial charge in [0.2, 0.25) is 5.91 Å². The van der Waals surface area contributed by atoms with Crippen molar-refractivity contribution in [3.05, 3.63) is 36.3 Å². The lowest BCUT2D eigenvalue weighted by Crippen LogP contribution is -2.18. The van der Waals surface area contributed by atoms with Crippen molar-refractivity contribution in [2.75, 3.05) is 10.6 Å². The van der Waals surface area contributed by atoms with Crippen LogP contribution in [0.4, 0.5) is 24.7 Å². The maximum Gasteiger partial charge on any atom is 0.408 e. The molecule has 2 N–H and O–H groups in total. The number of carbonyl (C=O) groups is 2. The Kier molecular flexibility index (Phi) is 4.43. The molecule has 3 rings (SSSR count). The summed E-state index contributed by atoms with van der Waals surface area (Å²) in [5.74, 6) is -0.439. The average molecular weight is 353 g/mol. The van der Waals surface area contributed by atoms with Crippen molar-refractivity contribution in [2.45, 2.75) is 25.6 Å². The Hall–Kier alpha value is -2.91. The molecule has 1 aliphatic carbocycles. The number of nitrogens with one attached hydrogen (secondary N) is 2. The number of hydrogen-bond acceptors (Lipinski definition) is 4. The quantitative estimate of drug-likeness (QED) is 0.864. The van der Waals surface area contributed by atoms with Gasteiger partial charge in [0.25, 0.3) is 5.91 Å². The number of pyridine rings is 1. The molecule has 2 aromatic rings. The normalized spacial score (nSPS) is 14.2. The minimum atomic E-state index is -4.40. The molecule has 7 nitrogen and oxygen atoms in total. The predicted molar refractivity (Wildman–Crippen MR) is 81.8 cm³/mol. The molecular weight excluding hydrogens is 339 g/mol. The van der Waals surface area contributed by atoms with E-state index in [1.54, 1.807) is 0 Å². The standard InChI is InChI=1S/C15H14F3N5O2/c16-15(17,18)8-23-7-11(6-20-23)21-14(25)10-3-4-19-12(5-10)22-13(24)9-1-2-9/h3-7,9H,1-2,8H2,(H,21,25)(H,19,22,24). The molecule has 25 heavy (non-hydrogen) atoms. The second-order valence-corrected chi connectivity index (χ2v) is 5.69. The van der Waals surface area contributed by atoms with Gasteiger partial charge in [0, 0.05) is 23.9 Å². The predicted octanol–water partition coefficient (Wildman–Crippen LogP) is 2.44. The number of rotatable bonds is 5. The number of alkyl halides is 3. The summed E-state index contributed by atoms with van der Waals surface area (Å²) in [4.78, 5) is 27.9. The second-order valence-electron chi connectivity index (χ2n) is 5.69. The van der Waals surface area contributed by atoms with Crippen molar-refractivity contribution < 1.29 is 22.8 Å². The van der Waals surface area contributed by atoms with Crippen LogP contribution in [0.2, 0.25) is 0 Å². The number of amides is 2. The topological polar surface area (TPSA) is 88.9 Å². The largest absolute Gasteiger partial charge is 0.408 e. The molecule has 0 bridgehead atoms. The molecule has 0 radical (unpaired) electrons. The molecule has 1 fully saturated rings. The van der Waals surface area contributed by atoms with Gasteiger partial charge in [-0.25, -0.2) is 4.98 Å². The molecule has 1 aliphatic rings. The molecule has 0 unspecified atom stereocenters. The van der Waals surface area contributed by atoms with Gasteiger partial charge in [0.1, 0.15) is 12.4 Å². The van der Waals surface area contributed by atoms with Crippen molar-refractivity contribution in [1.82, 2.24) is 14.8 Å². The van der Waals surface area contributed by atoms with Crippen LogP contribution in [-0.4, -0.2) is 32.8 Å². The molecule has 1 saturated carbocycles. The zero-order valence-electron chi connectivity index (χ0n) is 12.9. The summed E-state index contributed by atoms with van der Waals surface area (Å²) in [5.41, 5.74) is 0.347. The highest BCUT2D eigenvalue weighted by Crippen LogP contribution is 2.30. The first kappa shape index (κ1) is 16.9. The number of aromatic nitrogens is 3. The zero-order chi connectivity index (χ0) is 18.0. The van der Waals surface area contributed by atoms with Crippen molar-refractivity contribution in [1.29, 1.82) is 0 Å². The van der Waals surface area contributed by atoms with Crippen molar-refractivity contribution in [3.8, 4) is 0 Å². The lowest BCUT2D eigenvalue weighted by molar-refractivity contribution is -0.142. The van der Waals surface area contributed by atoms with Gasteiger partial charge >= 0.3 is 6.18 Å². The Labute approximate surface area is 140 Å². The van der Waals surface area contributed by atoms with E-state index in [4.69, 9.17) is 0 Å². The SMILES string of the molecule is O=C(Nc1cnn(CC(F)(F)F)c1)c1ccnc(NC(=O)C2CC2)c1. The second kappa shape index (κ2) is 6.54. The molecule has 2 heterocycles. The van der Waals surface area contributed by atoms with Crippen molar-refractivity contribution in [3.63, 3.8) is 0 Å². The van der Waals surface area contributed by atoms with Gasteiger partial charge in [-0.1, -0.05) is 0 Å². The summed E-state index contributed by atoms with van der Waals surface area (Å²) in [6.45, 7) is -1.24. The summed E-state index contributed by atoms with van der Waals surface area (Å²) in [5, 5.41) is 8.62. The van der Waals surface area contributed by atoms with E-state index in [2.05, 4.69) is 20.7 Å². The van der Waals surface area contributed by atoms with Gasteiger partial charge in [0.15, 0.2) is 0 Å². The maximum absolute atomic E-state index is 12.3. The molecule has 0 saturated heterocycles. The minimum absolute atomic E-state index is 0.00115. The van der Waals surface area contributed by atoms with Gasteiger partial charge in [0.05, 0.1) is 11.9 Å². The smallest absolute Gasteiger partial charge is 0.319 e. The zero-order valence-corrected chi connectivity index (χ0v) is 12.9. The maximum atomic E-state index is 12.3. The van der Waals surface area contributed by atoms with Crippen LogP contribution in [0.1, 0.15) is 23.2 Å². The fourth-order valence-electron chi connectivity index (χ4n) is 2.12. The number of halogens is 3. The molecular formula is C15H14F3N5O2. The molecule has 0 spiro atoms. The van der Waals surface area contributed by atoms with Crippen LogP contribution in [0.3, 0.4) is 0 Å². The van der Waals surface area contributed by atoms with Gasteiger partial charge < -0.3 is 10.6 Å². The molecule has 0 aromatic carbocycles. The third kappa shape index (κ3) is 4.78. The highest BCUT2D eigenvalue weighted by atomic mass is 19.4. The summed E-state index contributed by atoms with van der Waals surface area (Å²) in [7, 11) is 0. The Morgan fingerprint density at radius 1 is 1.28 bits per heavy atom. The van der Waals surface area contributed by atoms with E-state index in [0.717, 1.165) is 25.2 Å². The molecule has 10 heteroatoms. The molecule has 2 amide bonds. The Morgan fingerprint density at radius 3 is 2.72 bits per heavy atom. The lowest BCUT2D eigenvalue weighted by atomic mass is 10.2. The first-order valence-electron chi connectivity index (χ1n) is 7.48. The van der Waals surface area contributed by atoms with Crippen LogP contribution in [-0.2, 0) is 11.3 Å². The van der Waals surface area contributed by atoms with E-state index in [9.17, 15) is 22.8 Å². The fraction of sp³-hybridized carbons (Fsp3) is 0.333. The third-order valence-corrected chi connectivity index (χ3v) is 3.45. The van der Waals surface area contributed by atoms with Crippen molar-refractivity contribution >= 4 is 23.3 Å². The highest BCUT2D eigenvalue weighted by molar-refractivity contribution is 6.05. The van der Waals surface area contributed by atoms with Gasteiger partial charge in [-0.05, 0) is 25.0 Å². The summed E-state index contributed by atoms with van der Waals surface area (Å²) >= 11 is 0. The highest BCUT2D eigenvalue weighted by Gasteiger charge is 2.30. The third-order valence-electron chi connectivity index (χ3n) is 3.45. The van der Waals surface area contributed by atoms with Gasteiger partial charge in [-0.2, -0.15) is 18.3 Å². The monoisotopic (exact) mass is 353 g/mol. The fourth-order valence-corrected chi connectivity index (χ4v) is 2.12. The number of carbonyl (C=O) groups excluding carboxylic acids is 2. The van der Waals surface area contributed by atoms with E-state index < -0.39 is 18.6 Å². The van der Waals surface area contributed by atoms with E-state index in [0.29, 0.717) is 4.68 Å². The summed E-state index contributed by atoms with van der Waals surface area (Å²) < 4.78 is 37.6. The number of anilines is 2. The molecule has 2 aromatic heterocycles. The summed E-state index contributed by atoms with van der Waals surface area (Å²) in [6.07, 6.45) is 0.863.